The van der Waals surface area contributed by atoms with Gasteiger partial charge in [-0.25, -0.2) is 0 Å². The number of nitrogens with one attached hydrogen (secondary N) is 2. The number of hydrogen-bond acceptors (Lipinski definition) is 5. The number of hydrogen-bond donors (Lipinski definition) is 2. The zero-order valence-electron chi connectivity index (χ0n) is 21.7. The zero-order chi connectivity index (χ0) is 25.4. The topological polar surface area (TPSA) is 79.9 Å². The Bertz CT molecular complexity index is 580. The molecule has 7 heteroatoms. The summed E-state index contributed by atoms with van der Waals surface area (Å²) in [7, 11) is 1.88. The molecular weight excluding hydrogens is 430 g/mol. The van der Waals surface area contributed by atoms with Crippen LogP contribution >= 0.6 is 0 Å². The van der Waals surface area contributed by atoms with Crippen LogP contribution in [-0.2, 0) is 19.1 Å². The van der Waals surface area contributed by atoms with Gasteiger partial charge in [0.1, 0.15) is 0 Å². The lowest BCUT2D eigenvalue weighted by atomic mass is 10.1. The lowest BCUT2D eigenvalue weighted by molar-refractivity contribution is -0.123. The fourth-order valence-corrected chi connectivity index (χ4v) is 3.25. The summed E-state index contributed by atoms with van der Waals surface area (Å²) in [6.45, 7) is 16.6. The highest BCUT2D eigenvalue weighted by atomic mass is 16.5. The molecule has 0 heterocycles. The number of carbonyl (C=O) groups is 2. The number of allylic oxidation sites excluding steroid dienone is 2. The van der Waals surface area contributed by atoms with Crippen molar-refractivity contribution in [3.8, 4) is 0 Å². The van der Waals surface area contributed by atoms with Crippen LogP contribution in [-0.4, -0.2) is 69.3 Å². The molecule has 0 radical (unpaired) electrons. The maximum atomic E-state index is 11.9. The first-order valence-electron chi connectivity index (χ1n) is 12.7. The molecule has 34 heavy (non-hydrogen) atoms. The molecule has 0 bridgehead atoms. The van der Waals surface area contributed by atoms with Crippen molar-refractivity contribution in [1.82, 2.24) is 15.5 Å². The third kappa shape index (κ3) is 20.5. The Balaban J connectivity index is 3.38. The monoisotopic (exact) mass is 479 g/mol. The van der Waals surface area contributed by atoms with E-state index in [1.165, 1.54) is 12.8 Å². The van der Waals surface area contributed by atoms with Gasteiger partial charge in [-0.2, -0.15) is 0 Å². The maximum absolute atomic E-state index is 11.9. The van der Waals surface area contributed by atoms with Crippen molar-refractivity contribution in [2.24, 2.45) is 0 Å². The third-order valence-corrected chi connectivity index (χ3v) is 5.35. The summed E-state index contributed by atoms with van der Waals surface area (Å²) in [5.41, 5.74) is 0.938. The summed E-state index contributed by atoms with van der Waals surface area (Å²) in [6.07, 6.45) is 13.3. The third-order valence-electron chi connectivity index (χ3n) is 5.35. The molecule has 0 saturated carbocycles. The van der Waals surface area contributed by atoms with Gasteiger partial charge < -0.3 is 25.0 Å². The van der Waals surface area contributed by atoms with Crippen LogP contribution in [0.1, 0.15) is 71.1 Å². The van der Waals surface area contributed by atoms with E-state index in [9.17, 15) is 9.59 Å². The van der Waals surface area contributed by atoms with Crippen LogP contribution in [0.4, 0.5) is 0 Å². The summed E-state index contributed by atoms with van der Waals surface area (Å²) >= 11 is 0. The quantitative estimate of drug-likeness (QED) is 0.159. The summed E-state index contributed by atoms with van der Waals surface area (Å²) < 4.78 is 11.2. The van der Waals surface area contributed by atoms with E-state index in [0.717, 1.165) is 57.2 Å². The van der Waals surface area contributed by atoms with E-state index >= 15 is 0 Å². The molecule has 0 aliphatic carbocycles. The molecule has 0 fully saturated rings. The first-order valence-corrected chi connectivity index (χ1v) is 12.7. The Labute approximate surface area is 208 Å². The number of ether oxygens (including phenoxy) is 2. The average Bonchev–Trinajstić information content (AvgIpc) is 2.79. The van der Waals surface area contributed by atoms with Crippen LogP contribution in [0.2, 0.25) is 0 Å². The molecule has 1 atom stereocenters. The smallest absolute Gasteiger partial charge is 0.239 e. The van der Waals surface area contributed by atoms with Crippen LogP contribution in [0.3, 0.4) is 0 Å². The Morgan fingerprint density at radius 2 is 1.50 bits per heavy atom. The molecule has 2 N–H and O–H groups in total. The van der Waals surface area contributed by atoms with Crippen molar-refractivity contribution in [1.29, 1.82) is 0 Å². The standard InChI is InChI=1S/C27H49N3O4/c1-6-8-16-25(4)30(5)23-27(32)28-18-22-34-20-14-12-10-9-11-13-19-33-21-17-26(31)29-24(3)15-7-2/h6-7,24H,1-2,4,8-23H2,3,5H3,(H,28,32)(H,29,31). The second-order valence-corrected chi connectivity index (χ2v) is 8.69. The van der Waals surface area contributed by atoms with Gasteiger partial charge in [-0.1, -0.05) is 44.4 Å². The molecule has 2 amide bonds. The van der Waals surface area contributed by atoms with E-state index in [2.05, 4.69) is 30.4 Å². The van der Waals surface area contributed by atoms with Gasteiger partial charge in [0.05, 0.1) is 19.8 Å². The van der Waals surface area contributed by atoms with Crippen LogP contribution in [0.5, 0.6) is 0 Å². The number of amides is 2. The number of unbranched alkanes of at least 4 members (excludes halogenated alkanes) is 5. The molecule has 7 nitrogen and oxygen atoms in total. The molecule has 0 spiro atoms. The lowest BCUT2D eigenvalue weighted by Crippen LogP contribution is -2.36. The second kappa shape index (κ2) is 22.7. The molecule has 0 aromatic carbocycles. The number of likely N-dealkylation sites (N-methyl/N-ethyl adjacent to an activating group) is 1. The largest absolute Gasteiger partial charge is 0.381 e. The maximum Gasteiger partial charge on any atom is 0.239 e. The summed E-state index contributed by atoms with van der Waals surface area (Å²) in [5, 5.41) is 5.80. The zero-order valence-corrected chi connectivity index (χ0v) is 21.7. The van der Waals surface area contributed by atoms with Gasteiger partial charge >= 0.3 is 0 Å². The minimum absolute atomic E-state index is 0.0174. The first kappa shape index (κ1) is 31.9. The summed E-state index contributed by atoms with van der Waals surface area (Å²) in [4.78, 5) is 25.5. The van der Waals surface area contributed by atoms with Crippen LogP contribution in [0.25, 0.3) is 0 Å². The van der Waals surface area contributed by atoms with Gasteiger partial charge in [0.15, 0.2) is 0 Å². The van der Waals surface area contributed by atoms with Crippen LogP contribution in [0, 0.1) is 0 Å². The predicted octanol–water partition coefficient (Wildman–Crippen LogP) is 4.36. The molecule has 0 rings (SSSR count). The second-order valence-electron chi connectivity index (χ2n) is 8.69. The molecule has 0 aromatic rings. The fraction of sp³-hybridized carbons (Fsp3) is 0.704. The number of rotatable bonds is 24. The van der Waals surface area contributed by atoms with Gasteiger partial charge in [-0.3, -0.25) is 9.59 Å². The van der Waals surface area contributed by atoms with E-state index in [1.54, 1.807) is 0 Å². The Kier molecular flexibility index (Phi) is 21.2. The highest BCUT2D eigenvalue weighted by Crippen LogP contribution is 2.07. The van der Waals surface area contributed by atoms with E-state index in [1.807, 2.05) is 31.0 Å². The Hall–Kier alpha value is -2.12. The van der Waals surface area contributed by atoms with E-state index in [-0.39, 0.29) is 17.9 Å². The van der Waals surface area contributed by atoms with Crippen molar-refractivity contribution >= 4 is 11.8 Å². The Morgan fingerprint density at radius 3 is 2.12 bits per heavy atom. The molecule has 0 aromatic heterocycles. The molecule has 0 aliphatic heterocycles. The SMILES string of the molecule is C=CCCC(=C)N(C)CC(=O)NCCOCCCCCCCCOCCC(=O)NC(C)CC=C. The van der Waals surface area contributed by atoms with Crippen LogP contribution < -0.4 is 10.6 Å². The van der Waals surface area contributed by atoms with Crippen molar-refractivity contribution in [3.05, 3.63) is 37.6 Å². The highest BCUT2D eigenvalue weighted by Gasteiger charge is 2.07. The van der Waals surface area contributed by atoms with Gasteiger partial charge in [-0.05, 0) is 39.0 Å². The molecule has 1 unspecified atom stereocenters. The minimum Gasteiger partial charge on any atom is -0.381 e. The molecular formula is C27H49N3O4. The number of carbonyl (C=O) groups excluding carboxylic acids is 2. The first-order chi connectivity index (χ1) is 16.4. The van der Waals surface area contributed by atoms with Gasteiger partial charge in [0.25, 0.3) is 0 Å². The molecule has 0 aliphatic rings. The average molecular weight is 480 g/mol. The normalized spacial score (nSPS) is 11.5. The van der Waals surface area contributed by atoms with Crippen LogP contribution in [0.15, 0.2) is 37.6 Å². The summed E-state index contributed by atoms with van der Waals surface area (Å²) in [6, 6.07) is 0.132. The van der Waals surface area contributed by atoms with Crippen molar-refractivity contribution in [2.75, 3.05) is 46.6 Å². The van der Waals surface area contributed by atoms with E-state index in [4.69, 9.17) is 9.47 Å². The molecule has 0 saturated heterocycles. The van der Waals surface area contributed by atoms with Gasteiger partial charge in [0, 0.05) is 45.0 Å². The Morgan fingerprint density at radius 1 is 0.882 bits per heavy atom. The molecule has 196 valence electrons. The predicted molar refractivity (Wildman–Crippen MR) is 141 cm³/mol. The van der Waals surface area contributed by atoms with Gasteiger partial charge in [-0.15, -0.1) is 13.2 Å². The number of nitrogens with zero attached hydrogens (tertiary/aromatic N) is 1. The fourth-order valence-electron chi connectivity index (χ4n) is 3.25. The van der Waals surface area contributed by atoms with E-state index in [0.29, 0.717) is 39.3 Å². The summed E-state index contributed by atoms with van der Waals surface area (Å²) in [5.74, 6) is 0.0176. The van der Waals surface area contributed by atoms with Crippen molar-refractivity contribution in [3.63, 3.8) is 0 Å². The highest BCUT2D eigenvalue weighted by molar-refractivity contribution is 5.78. The lowest BCUT2D eigenvalue weighted by Gasteiger charge is -2.20. The van der Waals surface area contributed by atoms with Crippen molar-refractivity contribution in [2.45, 2.75) is 77.2 Å². The van der Waals surface area contributed by atoms with E-state index < -0.39 is 0 Å². The minimum atomic E-state index is -0.0174. The van der Waals surface area contributed by atoms with Crippen molar-refractivity contribution < 1.29 is 19.1 Å². The van der Waals surface area contributed by atoms with Gasteiger partial charge in [0.2, 0.25) is 11.8 Å².